The summed E-state index contributed by atoms with van der Waals surface area (Å²) >= 11 is 0. The van der Waals surface area contributed by atoms with Gasteiger partial charge in [-0.25, -0.2) is 0 Å². The number of hydrogen-bond acceptors (Lipinski definition) is 4. The second kappa shape index (κ2) is 29.1. The van der Waals surface area contributed by atoms with Crippen molar-refractivity contribution in [3.8, 4) is 122 Å². The van der Waals surface area contributed by atoms with Gasteiger partial charge in [-0.05, 0) is 225 Å². The van der Waals surface area contributed by atoms with Gasteiger partial charge in [0.2, 0.25) is 0 Å². The summed E-state index contributed by atoms with van der Waals surface area (Å²) in [5.74, 6) is 0. The van der Waals surface area contributed by atoms with Crippen LogP contribution >= 0.6 is 0 Å². The minimum atomic E-state index is -0.136. The maximum absolute atomic E-state index is 7.45. The Bertz CT molecular complexity index is 7460. The van der Waals surface area contributed by atoms with Crippen molar-refractivity contribution in [1.29, 1.82) is 0 Å². The molecule has 23 rings (SSSR count). The zero-order chi connectivity index (χ0) is 80.3. The van der Waals surface area contributed by atoms with E-state index in [0.717, 1.165) is 145 Å². The second-order valence-electron chi connectivity index (χ2n) is 33.5. The number of nitrogens with zero attached hydrogens (tertiary/aromatic N) is 2. The Kier molecular flexibility index (Phi) is 17.2. The van der Waals surface area contributed by atoms with Crippen LogP contribution in [0.5, 0.6) is 0 Å². The molecule has 0 radical (unpaired) electrons. The topological polar surface area (TPSA) is 32.8 Å². The average Bonchev–Trinajstić information content (AvgIpc) is 1.59. The van der Waals surface area contributed by atoms with Crippen LogP contribution in [0.4, 0.5) is 34.1 Å². The Morgan fingerprint density at radius 3 is 1.13 bits per heavy atom. The summed E-state index contributed by atoms with van der Waals surface area (Å²) in [7, 11) is 0. The molecular weight excluding hydrogens is 1470 g/mol. The molecule has 3 aliphatic carbocycles. The van der Waals surface area contributed by atoms with Crippen molar-refractivity contribution in [2.24, 2.45) is 0 Å². The summed E-state index contributed by atoms with van der Waals surface area (Å²) in [4.78, 5) is 4.89. The van der Waals surface area contributed by atoms with E-state index in [4.69, 9.17) is 8.83 Å². The van der Waals surface area contributed by atoms with Crippen LogP contribution < -0.4 is 9.80 Å². The second-order valence-corrected chi connectivity index (χ2v) is 33.5. The molecule has 18 aromatic carbocycles. The van der Waals surface area contributed by atoms with E-state index in [0.29, 0.717) is 0 Å². The SMILES string of the molecule is CC1(C)c2ccccc2-c2ccc(-c3ccc(N(c4ccccc4-c4ccccc4-c4ccccc4-c4ccccc4)c4cccc5c4oc4ccc(-c6ccc(-c7ccccc7-c7ccccc7-c7ccccc7)c(N(c7ccc(-c8ccc9c(c8)C8(CCCCC8)c8ccccc8-9)cc7)c7cccc8c7oc7ccccc78)c6)cc45)cc3)cc21. The highest BCUT2D eigenvalue weighted by atomic mass is 16.3. The van der Waals surface area contributed by atoms with Gasteiger partial charge < -0.3 is 18.6 Å². The van der Waals surface area contributed by atoms with E-state index >= 15 is 0 Å². The number of para-hydroxylation sites is 4. The van der Waals surface area contributed by atoms with Gasteiger partial charge in [-0.1, -0.05) is 367 Å². The Morgan fingerprint density at radius 2 is 0.562 bits per heavy atom. The largest absolute Gasteiger partial charge is 0.454 e. The van der Waals surface area contributed by atoms with Crippen molar-refractivity contribution < 1.29 is 8.83 Å². The molecule has 20 aromatic rings. The van der Waals surface area contributed by atoms with Crippen LogP contribution in [0.2, 0.25) is 0 Å². The van der Waals surface area contributed by atoms with Gasteiger partial charge >= 0.3 is 0 Å². The van der Waals surface area contributed by atoms with Crippen LogP contribution in [0, 0.1) is 0 Å². The first-order chi connectivity index (χ1) is 59.8. The molecule has 0 saturated heterocycles. The van der Waals surface area contributed by atoms with E-state index in [-0.39, 0.29) is 10.8 Å². The van der Waals surface area contributed by atoms with Crippen LogP contribution in [0.25, 0.3) is 166 Å². The van der Waals surface area contributed by atoms with Crippen LogP contribution in [0.1, 0.15) is 68.2 Å². The Morgan fingerprint density at radius 1 is 0.207 bits per heavy atom. The molecule has 4 heteroatoms. The molecule has 0 aliphatic heterocycles. The number of fused-ring (bicyclic) bond motifs is 14. The van der Waals surface area contributed by atoms with Crippen molar-refractivity contribution in [3.63, 3.8) is 0 Å². The van der Waals surface area contributed by atoms with E-state index in [9.17, 15) is 0 Å². The first-order valence-electron chi connectivity index (χ1n) is 42.6. The summed E-state index contributed by atoms with van der Waals surface area (Å²) in [6.45, 7) is 4.72. The zero-order valence-corrected chi connectivity index (χ0v) is 67.5. The maximum Gasteiger partial charge on any atom is 0.159 e. The molecule has 0 atom stereocenters. The van der Waals surface area contributed by atoms with Crippen molar-refractivity contribution in [2.45, 2.75) is 56.8 Å². The standard InChI is InChI=1S/C117H84N2O2/c1-116(2)104-48-22-18-42-94(104)96-66-58-81(73-106(96)116)76-54-62-84(63-55-76)118(108-50-24-20-44-98(108)92-40-16-14-38-90(92)88-36-12-10-34-86(88)78-30-6-3-7-31-78)109-51-29-47-102-103-72-80(61-69-113(103)121-115(102)109)83-60-68-99(93-41-17-15-39-91(93)89-37-13-11-35-87(89)79-32-8-4-9-33-79)111(75-83)119(110-52-28-46-101-100-45-21-25-53-112(100)120-114(101)110)85-64-56-77(57-65-85)82-59-67-97-95-43-19-23-49-105(95)117(107(97)74-82)70-26-5-27-71-117/h3-4,6-25,28-69,72-75H,5,26-27,70-71H2,1-2H3. The molecule has 1 spiro atoms. The highest BCUT2D eigenvalue weighted by Crippen LogP contribution is 2.58. The molecule has 0 unspecified atom stereocenters. The minimum Gasteiger partial charge on any atom is -0.454 e. The van der Waals surface area contributed by atoms with Gasteiger partial charge in [0.1, 0.15) is 11.2 Å². The normalized spacial score (nSPS) is 13.5. The van der Waals surface area contributed by atoms with Crippen molar-refractivity contribution >= 4 is 78.0 Å². The van der Waals surface area contributed by atoms with Gasteiger partial charge in [-0.15, -0.1) is 0 Å². The molecule has 574 valence electrons. The third-order valence-corrected chi connectivity index (χ3v) is 26.6. The smallest absolute Gasteiger partial charge is 0.159 e. The molecule has 2 aromatic heterocycles. The molecule has 4 nitrogen and oxygen atoms in total. The summed E-state index contributed by atoms with van der Waals surface area (Å²) in [5, 5.41) is 4.15. The summed E-state index contributed by atoms with van der Waals surface area (Å²) in [5.41, 5.74) is 40.6. The van der Waals surface area contributed by atoms with Crippen LogP contribution in [-0.2, 0) is 10.8 Å². The summed E-state index contributed by atoms with van der Waals surface area (Å²) in [6.07, 6.45) is 6.13. The highest BCUT2D eigenvalue weighted by molar-refractivity contribution is 6.14. The van der Waals surface area contributed by atoms with Crippen molar-refractivity contribution in [1.82, 2.24) is 0 Å². The Hall–Kier alpha value is -14.8. The fourth-order valence-electron chi connectivity index (χ4n) is 20.8. The highest BCUT2D eigenvalue weighted by Gasteiger charge is 2.44. The fraction of sp³-hybridized carbons (Fsp3) is 0.0769. The summed E-state index contributed by atoms with van der Waals surface area (Å²) < 4.78 is 14.6. The molecule has 1 fully saturated rings. The quantitative estimate of drug-likeness (QED) is 0.102. The third kappa shape index (κ3) is 11.9. The molecular formula is C117H84N2O2. The van der Waals surface area contributed by atoms with Gasteiger partial charge in [0, 0.05) is 54.9 Å². The van der Waals surface area contributed by atoms with Crippen LogP contribution in [0.3, 0.4) is 0 Å². The number of rotatable bonds is 15. The van der Waals surface area contributed by atoms with Gasteiger partial charge in [0.25, 0.3) is 0 Å². The molecule has 121 heavy (non-hydrogen) atoms. The van der Waals surface area contributed by atoms with Gasteiger partial charge in [-0.3, -0.25) is 0 Å². The van der Waals surface area contributed by atoms with Crippen molar-refractivity contribution in [2.75, 3.05) is 9.80 Å². The fourth-order valence-corrected chi connectivity index (χ4v) is 20.8. The Balaban J connectivity index is 0.702. The zero-order valence-electron chi connectivity index (χ0n) is 67.5. The average molecular weight is 1550 g/mol. The van der Waals surface area contributed by atoms with E-state index in [1.807, 2.05) is 0 Å². The van der Waals surface area contributed by atoms with Gasteiger partial charge in [-0.2, -0.15) is 0 Å². The number of anilines is 6. The monoisotopic (exact) mass is 1550 g/mol. The lowest BCUT2D eigenvalue weighted by Gasteiger charge is -2.36. The first kappa shape index (κ1) is 71.5. The summed E-state index contributed by atoms with van der Waals surface area (Å²) in [6, 6.07) is 153. The lowest BCUT2D eigenvalue weighted by atomic mass is 9.67. The van der Waals surface area contributed by atoms with E-state index < -0.39 is 0 Å². The molecule has 0 N–H and O–H groups in total. The van der Waals surface area contributed by atoms with Gasteiger partial charge in [0.15, 0.2) is 11.2 Å². The number of furan rings is 2. The third-order valence-electron chi connectivity index (χ3n) is 26.6. The molecule has 2 heterocycles. The lowest BCUT2D eigenvalue weighted by molar-refractivity contribution is 0.353. The van der Waals surface area contributed by atoms with Crippen molar-refractivity contribution in [3.05, 3.63) is 435 Å². The first-order valence-corrected chi connectivity index (χ1v) is 42.6. The van der Waals surface area contributed by atoms with E-state index in [1.54, 1.807) is 0 Å². The maximum atomic E-state index is 7.45. The number of hydrogen-bond donors (Lipinski definition) is 0. The van der Waals surface area contributed by atoms with E-state index in [1.165, 1.54) is 110 Å². The predicted octanol–water partition coefficient (Wildman–Crippen LogP) is 33.0. The number of benzene rings is 18. The van der Waals surface area contributed by atoms with Crippen LogP contribution in [-0.4, -0.2) is 0 Å². The predicted molar refractivity (Wildman–Crippen MR) is 506 cm³/mol. The lowest BCUT2D eigenvalue weighted by Crippen LogP contribution is -2.28. The van der Waals surface area contributed by atoms with Crippen LogP contribution in [0.15, 0.2) is 421 Å². The molecule has 0 bridgehead atoms. The van der Waals surface area contributed by atoms with Gasteiger partial charge in [0.05, 0.1) is 22.7 Å². The molecule has 3 aliphatic rings. The van der Waals surface area contributed by atoms with E-state index in [2.05, 4.69) is 436 Å². The minimum absolute atomic E-state index is 0.0325. The Labute approximate surface area is 705 Å². The molecule has 0 amide bonds. The molecule has 1 saturated carbocycles.